The second-order valence-corrected chi connectivity index (χ2v) is 5.23. The molecule has 0 radical (unpaired) electrons. The minimum absolute atomic E-state index is 0.171. The van der Waals surface area contributed by atoms with Crippen LogP contribution < -0.4 is 10.6 Å². The van der Waals surface area contributed by atoms with Gasteiger partial charge in [-0.3, -0.25) is 4.79 Å². The topological polar surface area (TPSA) is 61.4 Å². The van der Waals surface area contributed by atoms with E-state index >= 15 is 0 Å². The Labute approximate surface area is 127 Å². The molecule has 0 saturated carbocycles. The monoisotopic (exact) mass is 311 g/mol. The summed E-state index contributed by atoms with van der Waals surface area (Å²) in [5.74, 6) is -1.21. The summed E-state index contributed by atoms with van der Waals surface area (Å²) in [6, 6.07) is 2.31. The van der Waals surface area contributed by atoms with E-state index in [1.165, 1.54) is 4.90 Å². The molecule has 0 unspecified atom stereocenters. The number of benzene rings is 1. The molecule has 0 aliphatic carbocycles. The van der Waals surface area contributed by atoms with Gasteiger partial charge in [-0.2, -0.15) is 0 Å². The number of hydrogen-bond donors (Lipinski definition) is 2. The molecule has 0 aromatic heterocycles. The van der Waals surface area contributed by atoms with Crippen LogP contribution in [0.15, 0.2) is 18.2 Å². The predicted octanol–water partition coefficient (Wildman–Crippen LogP) is 1.43. The van der Waals surface area contributed by atoms with E-state index in [0.717, 1.165) is 18.2 Å². The molecule has 1 atom stereocenters. The van der Waals surface area contributed by atoms with Crippen LogP contribution in [0.2, 0.25) is 0 Å². The van der Waals surface area contributed by atoms with Crippen LogP contribution in [0.3, 0.4) is 0 Å². The molecule has 0 bridgehead atoms. The van der Waals surface area contributed by atoms with E-state index in [0.29, 0.717) is 19.5 Å². The average molecular weight is 311 g/mol. The van der Waals surface area contributed by atoms with Gasteiger partial charge in [0.2, 0.25) is 5.91 Å². The van der Waals surface area contributed by atoms with Gasteiger partial charge in [-0.25, -0.2) is 13.6 Å². The third-order valence-electron chi connectivity index (χ3n) is 3.66. The van der Waals surface area contributed by atoms with Gasteiger partial charge in [0, 0.05) is 19.6 Å². The molecular formula is C15H19F2N3O2. The average Bonchev–Trinajstić information content (AvgIpc) is 2.65. The molecule has 1 aliphatic heterocycles. The van der Waals surface area contributed by atoms with E-state index in [1.54, 1.807) is 6.92 Å². The fourth-order valence-electron chi connectivity index (χ4n) is 2.36. The number of amides is 3. The Bertz CT molecular complexity index is 566. The van der Waals surface area contributed by atoms with E-state index in [9.17, 15) is 18.4 Å². The van der Waals surface area contributed by atoms with Crippen molar-refractivity contribution in [2.45, 2.75) is 25.8 Å². The first-order valence-electron chi connectivity index (χ1n) is 7.25. The lowest BCUT2D eigenvalue weighted by atomic mass is 10.1. The summed E-state index contributed by atoms with van der Waals surface area (Å²) in [6.45, 7) is 2.85. The summed E-state index contributed by atoms with van der Waals surface area (Å²) in [7, 11) is 0. The Hall–Kier alpha value is -2.18. The lowest BCUT2D eigenvalue weighted by molar-refractivity contribution is -0.124. The molecular weight excluding hydrogens is 292 g/mol. The maximum Gasteiger partial charge on any atom is 0.318 e. The van der Waals surface area contributed by atoms with Crippen molar-refractivity contribution in [1.29, 1.82) is 0 Å². The SMILES string of the molecule is C[C@H]1C(=O)NCCCN1C(=O)NCCc1cc(F)ccc1F. The molecule has 0 spiro atoms. The van der Waals surface area contributed by atoms with Crippen molar-refractivity contribution in [3.8, 4) is 0 Å². The second-order valence-electron chi connectivity index (χ2n) is 5.23. The van der Waals surface area contributed by atoms with Crippen LogP contribution in [0.1, 0.15) is 18.9 Å². The standard InChI is InChI=1S/C15H19F2N3O2/c1-10-14(21)18-6-2-8-20(10)15(22)19-7-5-11-9-12(16)3-4-13(11)17/h3-4,9-10H,2,5-8H2,1H3,(H,18,21)(H,19,22)/t10-/m0/s1. The molecule has 2 N–H and O–H groups in total. The molecule has 1 aliphatic rings. The first-order valence-corrected chi connectivity index (χ1v) is 7.25. The second kappa shape index (κ2) is 7.20. The van der Waals surface area contributed by atoms with E-state index < -0.39 is 17.7 Å². The number of urea groups is 1. The minimum atomic E-state index is -0.548. The Balaban J connectivity index is 1.89. The Kier molecular flexibility index (Phi) is 5.30. The predicted molar refractivity (Wildman–Crippen MR) is 77.3 cm³/mol. The number of halogens is 2. The first kappa shape index (κ1) is 16.2. The number of carbonyl (C=O) groups excluding carboxylic acids is 2. The minimum Gasteiger partial charge on any atom is -0.354 e. The zero-order chi connectivity index (χ0) is 16.1. The van der Waals surface area contributed by atoms with Crippen molar-refractivity contribution in [2.24, 2.45) is 0 Å². The van der Waals surface area contributed by atoms with Gasteiger partial charge >= 0.3 is 6.03 Å². The molecule has 1 fully saturated rings. The third-order valence-corrected chi connectivity index (χ3v) is 3.66. The van der Waals surface area contributed by atoms with Crippen molar-refractivity contribution < 1.29 is 18.4 Å². The van der Waals surface area contributed by atoms with Gasteiger partial charge in [0.1, 0.15) is 17.7 Å². The molecule has 1 saturated heterocycles. The summed E-state index contributed by atoms with van der Waals surface area (Å²) in [5.41, 5.74) is 0.210. The number of nitrogens with one attached hydrogen (secondary N) is 2. The highest BCUT2D eigenvalue weighted by molar-refractivity contribution is 5.87. The van der Waals surface area contributed by atoms with E-state index in [2.05, 4.69) is 10.6 Å². The van der Waals surface area contributed by atoms with Crippen LogP contribution in [0.5, 0.6) is 0 Å². The quantitative estimate of drug-likeness (QED) is 0.887. The van der Waals surface area contributed by atoms with Crippen LogP contribution >= 0.6 is 0 Å². The fourth-order valence-corrected chi connectivity index (χ4v) is 2.36. The Morgan fingerprint density at radius 2 is 2.23 bits per heavy atom. The van der Waals surface area contributed by atoms with Crippen LogP contribution in [0.4, 0.5) is 13.6 Å². The van der Waals surface area contributed by atoms with Crippen LogP contribution in [-0.2, 0) is 11.2 Å². The summed E-state index contributed by atoms with van der Waals surface area (Å²) in [6.07, 6.45) is 0.867. The Morgan fingerprint density at radius 3 is 3.00 bits per heavy atom. The molecule has 1 heterocycles. The van der Waals surface area contributed by atoms with Crippen molar-refractivity contribution in [2.75, 3.05) is 19.6 Å². The molecule has 7 heteroatoms. The molecule has 120 valence electrons. The maximum absolute atomic E-state index is 13.5. The number of nitrogens with zero attached hydrogens (tertiary/aromatic N) is 1. The molecule has 1 aromatic rings. The van der Waals surface area contributed by atoms with E-state index in [1.807, 2.05) is 0 Å². The lowest BCUT2D eigenvalue weighted by Gasteiger charge is -2.25. The highest BCUT2D eigenvalue weighted by Gasteiger charge is 2.27. The van der Waals surface area contributed by atoms with Crippen molar-refractivity contribution in [3.63, 3.8) is 0 Å². The summed E-state index contributed by atoms with van der Waals surface area (Å²) in [4.78, 5) is 25.2. The van der Waals surface area contributed by atoms with E-state index in [-0.39, 0.29) is 30.5 Å². The van der Waals surface area contributed by atoms with Crippen molar-refractivity contribution in [1.82, 2.24) is 15.5 Å². The lowest BCUT2D eigenvalue weighted by Crippen LogP contribution is -2.49. The Morgan fingerprint density at radius 1 is 1.45 bits per heavy atom. The van der Waals surface area contributed by atoms with Crippen LogP contribution in [-0.4, -0.2) is 42.5 Å². The van der Waals surface area contributed by atoms with Gasteiger partial charge in [-0.1, -0.05) is 0 Å². The maximum atomic E-state index is 13.5. The molecule has 2 rings (SSSR count). The number of carbonyl (C=O) groups is 2. The first-order chi connectivity index (χ1) is 10.5. The van der Waals surface area contributed by atoms with Crippen molar-refractivity contribution in [3.05, 3.63) is 35.4 Å². The summed E-state index contributed by atoms with van der Waals surface area (Å²) in [5, 5.41) is 5.37. The highest BCUT2D eigenvalue weighted by Crippen LogP contribution is 2.10. The van der Waals surface area contributed by atoms with Gasteiger partial charge < -0.3 is 15.5 Å². The zero-order valence-electron chi connectivity index (χ0n) is 12.4. The van der Waals surface area contributed by atoms with Gasteiger partial charge in [0.15, 0.2) is 0 Å². The summed E-state index contributed by atoms with van der Waals surface area (Å²) >= 11 is 0. The molecule has 1 aromatic carbocycles. The fraction of sp³-hybridized carbons (Fsp3) is 0.467. The molecule has 5 nitrogen and oxygen atoms in total. The van der Waals surface area contributed by atoms with E-state index in [4.69, 9.17) is 0 Å². The number of rotatable bonds is 3. The highest BCUT2D eigenvalue weighted by atomic mass is 19.1. The normalized spacial score (nSPS) is 18.6. The zero-order valence-corrected chi connectivity index (χ0v) is 12.4. The number of hydrogen-bond acceptors (Lipinski definition) is 2. The largest absolute Gasteiger partial charge is 0.354 e. The van der Waals surface area contributed by atoms with Crippen LogP contribution in [0, 0.1) is 11.6 Å². The smallest absolute Gasteiger partial charge is 0.318 e. The van der Waals surface area contributed by atoms with Crippen molar-refractivity contribution >= 4 is 11.9 Å². The van der Waals surface area contributed by atoms with Gasteiger partial charge in [0.25, 0.3) is 0 Å². The van der Waals surface area contributed by atoms with Gasteiger partial charge in [-0.15, -0.1) is 0 Å². The third kappa shape index (κ3) is 3.93. The summed E-state index contributed by atoms with van der Waals surface area (Å²) < 4.78 is 26.5. The molecule has 22 heavy (non-hydrogen) atoms. The van der Waals surface area contributed by atoms with Gasteiger partial charge in [0.05, 0.1) is 0 Å². The van der Waals surface area contributed by atoms with Gasteiger partial charge in [-0.05, 0) is 43.5 Å². The van der Waals surface area contributed by atoms with Crippen LogP contribution in [0.25, 0.3) is 0 Å². The molecule has 3 amide bonds.